The number of aromatic nitrogens is 2. The van der Waals surface area contributed by atoms with E-state index in [0.29, 0.717) is 24.2 Å². The van der Waals surface area contributed by atoms with Crippen molar-refractivity contribution in [3.05, 3.63) is 59.5 Å². The van der Waals surface area contributed by atoms with Gasteiger partial charge >= 0.3 is 18.4 Å². The van der Waals surface area contributed by atoms with Crippen LogP contribution in [0.2, 0.25) is 0 Å². The molecule has 1 saturated carbocycles. The monoisotopic (exact) mass is 600 g/mol. The molecule has 1 aliphatic carbocycles. The van der Waals surface area contributed by atoms with E-state index in [9.17, 15) is 22.8 Å². The number of para-hydroxylation sites is 1. The molecule has 1 N–H and O–H groups in total. The molecule has 3 aromatic rings. The number of carbonyl (C=O) groups excluding carboxylic acids is 2. The number of piperidine rings is 1. The van der Waals surface area contributed by atoms with Gasteiger partial charge in [-0.25, -0.2) is 14.6 Å². The largest absolute Gasteiger partial charge is 0.573 e. The molecular weight excluding hydrogens is 569 g/mol. The molecule has 2 amide bonds. The van der Waals surface area contributed by atoms with Gasteiger partial charge in [0.1, 0.15) is 28.6 Å². The summed E-state index contributed by atoms with van der Waals surface area (Å²) >= 11 is 0. The standard InChI is InChI=1S/C30H31F3N4O6/c1-2-40-28(38)22-7-5-13-34-27(22)35-29(39)37-18-11-12-19(37)15-20(14-18)41-16-23-25(36-43-26(23)17-9-10-17)21-6-3-4-8-24(21)42-30(31,32)33/h3-8,13,17-20H,2,9-12,14-16H2,1H3,(H,34,35,39). The van der Waals surface area contributed by atoms with E-state index in [1.54, 1.807) is 30.0 Å². The Bertz CT molecular complexity index is 1480. The molecule has 2 bridgehead atoms. The highest BCUT2D eigenvalue weighted by atomic mass is 19.4. The van der Waals surface area contributed by atoms with Gasteiger partial charge in [-0.2, -0.15) is 0 Å². The summed E-state index contributed by atoms with van der Waals surface area (Å²) in [6.07, 6.45) is 1.07. The van der Waals surface area contributed by atoms with Gasteiger partial charge in [0.15, 0.2) is 0 Å². The van der Waals surface area contributed by atoms with E-state index in [-0.39, 0.29) is 71.7 Å². The second-order valence-corrected chi connectivity index (χ2v) is 10.9. The van der Waals surface area contributed by atoms with E-state index in [1.807, 2.05) is 0 Å². The van der Waals surface area contributed by atoms with E-state index in [1.165, 1.54) is 24.4 Å². The summed E-state index contributed by atoms with van der Waals surface area (Å²) in [5, 5.41) is 6.93. The average Bonchev–Trinajstić information content (AvgIpc) is 3.67. The van der Waals surface area contributed by atoms with Crippen molar-refractivity contribution in [3.8, 4) is 17.0 Å². The Balaban J connectivity index is 1.15. The molecule has 2 aromatic heterocycles. The van der Waals surface area contributed by atoms with Gasteiger partial charge in [-0.05, 0) is 69.7 Å². The molecule has 13 heteroatoms. The topological polar surface area (TPSA) is 116 Å². The lowest BCUT2D eigenvalue weighted by Gasteiger charge is -2.38. The number of carbonyl (C=O) groups is 2. The maximum Gasteiger partial charge on any atom is 0.573 e. The zero-order chi connectivity index (χ0) is 30.1. The third-order valence-corrected chi connectivity index (χ3v) is 8.05. The van der Waals surface area contributed by atoms with Crippen LogP contribution in [0.15, 0.2) is 47.1 Å². The van der Waals surface area contributed by atoms with Crippen molar-refractivity contribution < 1.29 is 41.5 Å². The fourth-order valence-electron chi connectivity index (χ4n) is 6.06. The molecule has 0 spiro atoms. The first-order valence-corrected chi connectivity index (χ1v) is 14.4. The molecule has 6 rings (SSSR count). The Hall–Kier alpha value is -4.13. The Kier molecular flexibility index (Phi) is 7.99. The summed E-state index contributed by atoms with van der Waals surface area (Å²) < 4.78 is 60.7. The number of nitrogens with one attached hydrogen (secondary N) is 1. The predicted molar refractivity (Wildman–Crippen MR) is 146 cm³/mol. The minimum atomic E-state index is -4.85. The highest BCUT2D eigenvalue weighted by molar-refractivity contribution is 5.99. The van der Waals surface area contributed by atoms with Crippen LogP contribution < -0.4 is 10.1 Å². The smallest absolute Gasteiger partial charge is 0.462 e. The zero-order valence-corrected chi connectivity index (χ0v) is 23.4. The third-order valence-electron chi connectivity index (χ3n) is 8.05. The highest BCUT2D eigenvalue weighted by Crippen LogP contribution is 2.46. The van der Waals surface area contributed by atoms with Gasteiger partial charge in [0.05, 0.1) is 19.3 Å². The number of rotatable bonds is 9. The lowest BCUT2D eigenvalue weighted by molar-refractivity contribution is -0.274. The molecule has 1 aromatic carbocycles. The number of hydrogen-bond acceptors (Lipinski definition) is 8. The van der Waals surface area contributed by atoms with Crippen LogP contribution in [0.25, 0.3) is 11.3 Å². The van der Waals surface area contributed by atoms with E-state index < -0.39 is 12.3 Å². The predicted octanol–water partition coefficient (Wildman–Crippen LogP) is 6.43. The van der Waals surface area contributed by atoms with Crippen molar-refractivity contribution in [2.24, 2.45) is 0 Å². The number of alkyl halides is 3. The van der Waals surface area contributed by atoms with Crippen molar-refractivity contribution in [1.82, 2.24) is 15.0 Å². The van der Waals surface area contributed by atoms with Gasteiger partial charge in [-0.3, -0.25) is 5.32 Å². The SMILES string of the molecule is CCOC(=O)c1cccnc1NC(=O)N1C2CCC1CC(OCc1c(-c3ccccc3OC(F)(F)F)noc1C1CC1)C2. The Morgan fingerprint density at radius 2 is 1.81 bits per heavy atom. The third kappa shape index (κ3) is 6.31. The molecule has 3 fully saturated rings. The van der Waals surface area contributed by atoms with E-state index in [4.69, 9.17) is 14.0 Å². The van der Waals surface area contributed by atoms with Gasteiger partial charge in [0.2, 0.25) is 0 Å². The Labute approximate surface area is 245 Å². The second-order valence-electron chi connectivity index (χ2n) is 10.9. The molecule has 0 radical (unpaired) electrons. The molecule has 2 aliphatic heterocycles. The summed E-state index contributed by atoms with van der Waals surface area (Å²) in [6, 6.07) is 8.51. The average molecular weight is 601 g/mol. The van der Waals surface area contributed by atoms with Gasteiger partial charge in [-0.1, -0.05) is 17.3 Å². The van der Waals surface area contributed by atoms with Crippen molar-refractivity contribution in [3.63, 3.8) is 0 Å². The van der Waals surface area contributed by atoms with Gasteiger partial charge in [-0.15, -0.1) is 13.2 Å². The van der Waals surface area contributed by atoms with Crippen LogP contribution in [0.1, 0.15) is 73.0 Å². The quantitative estimate of drug-likeness (QED) is 0.279. The van der Waals surface area contributed by atoms with E-state index >= 15 is 0 Å². The van der Waals surface area contributed by atoms with E-state index in [0.717, 1.165) is 25.7 Å². The molecule has 228 valence electrons. The van der Waals surface area contributed by atoms with Crippen molar-refractivity contribution in [1.29, 1.82) is 0 Å². The Morgan fingerprint density at radius 3 is 2.51 bits per heavy atom. The lowest BCUT2D eigenvalue weighted by Crippen LogP contribution is -2.50. The number of amides is 2. The van der Waals surface area contributed by atoms with Crippen molar-refractivity contribution in [2.45, 2.75) is 82.5 Å². The van der Waals surface area contributed by atoms with Crippen LogP contribution >= 0.6 is 0 Å². The van der Waals surface area contributed by atoms with E-state index in [2.05, 4.69) is 20.2 Å². The first-order valence-electron chi connectivity index (χ1n) is 14.4. The summed E-state index contributed by atoms with van der Waals surface area (Å²) in [4.78, 5) is 31.6. The van der Waals surface area contributed by atoms with Crippen LogP contribution in [-0.2, 0) is 16.1 Å². The molecule has 2 atom stereocenters. The fourth-order valence-corrected chi connectivity index (χ4v) is 6.06. The number of benzene rings is 1. The van der Waals surface area contributed by atoms with Crippen LogP contribution in [0.3, 0.4) is 0 Å². The number of nitrogens with zero attached hydrogens (tertiary/aromatic N) is 3. The maximum atomic E-state index is 13.3. The molecule has 4 heterocycles. The molecule has 10 nitrogen and oxygen atoms in total. The molecule has 43 heavy (non-hydrogen) atoms. The van der Waals surface area contributed by atoms with Crippen molar-refractivity contribution >= 4 is 17.8 Å². The summed E-state index contributed by atoms with van der Waals surface area (Å²) in [6.45, 7) is 2.01. The van der Waals surface area contributed by atoms with Gasteiger partial charge < -0.3 is 23.6 Å². The number of hydrogen-bond donors (Lipinski definition) is 1. The van der Waals surface area contributed by atoms with Gasteiger partial charge in [0, 0.05) is 35.3 Å². The van der Waals surface area contributed by atoms with Crippen molar-refractivity contribution in [2.75, 3.05) is 11.9 Å². The molecular formula is C30H31F3N4O6. The lowest BCUT2D eigenvalue weighted by atomic mass is 9.99. The molecule has 3 aliphatic rings. The first kappa shape index (κ1) is 29.0. The van der Waals surface area contributed by atoms with Crippen LogP contribution in [0.4, 0.5) is 23.8 Å². The number of pyridine rings is 1. The number of ether oxygens (including phenoxy) is 3. The zero-order valence-electron chi connectivity index (χ0n) is 23.4. The number of halogens is 3. The summed E-state index contributed by atoms with van der Waals surface area (Å²) in [5.74, 6) is 0.00866. The minimum Gasteiger partial charge on any atom is -0.462 e. The summed E-state index contributed by atoms with van der Waals surface area (Å²) in [5.41, 5.74) is 1.25. The molecule has 2 saturated heterocycles. The minimum absolute atomic E-state index is 0.0794. The number of urea groups is 1. The number of esters is 1. The number of anilines is 1. The van der Waals surface area contributed by atoms with Crippen LogP contribution in [-0.4, -0.2) is 58.2 Å². The van der Waals surface area contributed by atoms with Gasteiger partial charge in [0.25, 0.3) is 0 Å². The fraction of sp³-hybridized carbons (Fsp3) is 0.467. The first-order chi connectivity index (χ1) is 20.7. The highest BCUT2D eigenvalue weighted by Gasteiger charge is 2.44. The van der Waals surface area contributed by atoms with Crippen LogP contribution in [0, 0.1) is 0 Å². The number of fused-ring (bicyclic) bond motifs is 2. The van der Waals surface area contributed by atoms with Crippen LogP contribution in [0.5, 0.6) is 5.75 Å². The summed E-state index contributed by atoms with van der Waals surface area (Å²) in [7, 11) is 0. The Morgan fingerprint density at radius 1 is 1.07 bits per heavy atom. The maximum absolute atomic E-state index is 13.3. The second kappa shape index (κ2) is 11.9. The normalized spacial score (nSPS) is 21.5. The molecule has 2 unspecified atom stereocenters.